The third kappa shape index (κ3) is 2.39. The van der Waals surface area contributed by atoms with Crippen LogP contribution in [0.3, 0.4) is 0 Å². The molecule has 0 unspecified atom stereocenters. The van der Waals surface area contributed by atoms with Gasteiger partial charge in [0.2, 0.25) is 0 Å². The number of fused-ring (bicyclic) bond motifs is 2. The van der Waals surface area contributed by atoms with E-state index < -0.39 is 0 Å². The smallest absolute Gasteiger partial charge is 0.151 e. The number of hydrogen-bond acceptors (Lipinski definition) is 1. The Morgan fingerprint density at radius 3 is 2.35 bits per heavy atom. The molecule has 0 saturated heterocycles. The molecule has 0 aliphatic heterocycles. The van der Waals surface area contributed by atoms with Gasteiger partial charge in [-0.1, -0.05) is 66.2 Å². The second kappa shape index (κ2) is 5.53. The van der Waals surface area contributed by atoms with Gasteiger partial charge < -0.3 is 0 Å². The molecule has 2 heteroatoms. The summed E-state index contributed by atoms with van der Waals surface area (Å²) in [6.07, 6.45) is 0.948. The van der Waals surface area contributed by atoms with Crippen molar-refractivity contribution in [3.63, 3.8) is 0 Å². The highest BCUT2D eigenvalue weighted by atomic mass is 35.5. The molecule has 0 bridgehead atoms. The molecule has 4 aromatic carbocycles. The predicted octanol–water partition coefficient (Wildman–Crippen LogP) is 6.13. The lowest BCUT2D eigenvalue weighted by Crippen LogP contribution is -1.90. The third-order valence-electron chi connectivity index (χ3n) is 4.20. The van der Waals surface area contributed by atoms with Crippen LogP contribution in [-0.2, 0) is 0 Å². The zero-order valence-electron chi connectivity index (χ0n) is 12.3. The molecular formula is C21H13ClO. The summed E-state index contributed by atoms with van der Waals surface area (Å²) in [6, 6.07) is 24.0. The summed E-state index contributed by atoms with van der Waals surface area (Å²) in [6.45, 7) is 0. The Balaban J connectivity index is 1.98. The number of rotatable bonds is 2. The largest absolute Gasteiger partial charge is 0.298 e. The summed E-state index contributed by atoms with van der Waals surface area (Å²) in [5.74, 6) is 0. The lowest BCUT2D eigenvalue weighted by atomic mass is 9.93. The van der Waals surface area contributed by atoms with Crippen LogP contribution in [0.1, 0.15) is 10.4 Å². The monoisotopic (exact) mass is 316 g/mol. The highest BCUT2D eigenvalue weighted by molar-refractivity contribution is 6.31. The fraction of sp³-hybridized carbons (Fsp3) is 0. The van der Waals surface area contributed by atoms with Crippen molar-refractivity contribution in [2.75, 3.05) is 0 Å². The lowest BCUT2D eigenvalue weighted by molar-refractivity contribution is 0.112. The topological polar surface area (TPSA) is 17.1 Å². The van der Waals surface area contributed by atoms with Gasteiger partial charge >= 0.3 is 0 Å². The first-order chi connectivity index (χ1) is 11.3. The zero-order valence-corrected chi connectivity index (χ0v) is 13.0. The van der Waals surface area contributed by atoms with E-state index in [-0.39, 0.29) is 0 Å². The zero-order chi connectivity index (χ0) is 15.8. The van der Waals surface area contributed by atoms with Crippen molar-refractivity contribution >= 4 is 39.4 Å². The van der Waals surface area contributed by atoms with Crippen LogP contribution in [0.15, 0.2) is 72.8 Å². The molecule has 4 rings (SSSR count). The van der Waals surface area contributed by atoms with Gasteiger partial charge in [-0.25, -0.2) is 0 Å². The second-order valence-electron chi connectivity index (χ2n) is 5.57. The molecule has 4 aromatic rings. The first-order valence-corrected chi connectivity index (χ1v) is 7.81. The van der Waals surface area contributed by atoms with Crippen molar-refractivity contribution in [1.29, 1.82) is 0 Å². The standard InChI is InChI=1S/C21H13ClO/c22-18-9-7-15-11-17(6-5-16(15)12-18)20-10-8-14-3-1-2-4-19(14)21(20)13-23/h1-13H. The molecule has 0 spiro atoms. The fourth-order valence-corrected chi connectivity index (χ4v) is 3.24. The Morgan fingerprint density at radius 1 is 0.739 bits per heavy atom. The van der Waals surface area contributed by atoms with Crippen molar-refractivity contribution in [3.05, 3.63) is 83.4 Å². The molecule has 0 aliphatic rings. The van der Waals surface area contributed by atoms with Crippen molar-refractivity contribution < 1.29 is 4.79 Å². The first kappa shape index (κ1) is 14.0. The second-order valence-corrected chi connectivity index (χ2v) is 6.01. The van der Waals surface area contributed by atoms with Crippen LogP contribution in [0, 0.1) is 0 Å². The molecule has 0 aliphatic carbocycles. The average Bonchev–Trinajstić information content (AvgIpc) is 2.60. The highest BCUT2D eigenvalue weighted by Crippen LogP contribution is 2.31. The van der Waals surface area contributed by atoms with E-state index in [0.717, 1.165) is 49.5 Å². The molecule has 110 valence electrons. The Hall–Kier alpha value is -2.64. The fourth-order valence-electron chi connectivity index (χ4n) is 3.06. The molecule has 0 fully saturated rings. The third-order valence-corrected chi connectivity index (χ3v) is 4.44. The summed E-state index contributed by atoms with van der Waals surface area (Å²) in [5, 5.41) is 4.98. The minimum Gasteiger partial charge on any atom is -0.298 e. The normalized spacial score (nSPS) is 11.0. The minimum atomic E-state index is 0.726. The van der Waals surface area contributed by atoms with E-state index in [0.29, 0.717) is 0 Å². The van der Waals surface area contributed by atoms with E-state index in [4.69, 9.17) is 11.6 Å². The van der Waals surface area contributed by atoms with Crippen LogP contribution in [0.25, 0.3) is 32.7 Å². The highest BCUT2D eigenvalue weighted by Gasteiger charge is 2.09. The number of carbonyl (C=O) groups excluding carboxylic acids is 1. The van der Waals surface area contributed by atoms with Gasteiger partial charge in [-0.05, 0) is 50.9 Å². The summed E-state index contributed by atoms with van der Waals surface area (Å²) < 4.78 is 0. The van der Waals surface area contributed by atoms with Crippen LogP contribution < -0.4 is 0 Å². The first-order valence-electron chi connectivity index (χ1n) is 7.43. The molecule has 1 nitrogen and oxygen atoms in total. The molecule has 0 heterocycles. The van der Waals surface area contributed by atoms with Gasteiger partial charge in [0.15, 0.2) is 6.29 Å². The van der Waals surface area contributed by atoms with Gasteiger partial charge in [0.05, 0.1) is 0 Å². The minimum absolute atomic E-state index is 0.726. The molecule has 23 heavy (non-hydrogen) atoms. The van der Waals surface area contributed by atoms with Gasteiger partial charge in [0.1, 0.15) is 0 Å². The van der Waals surface area contributed by atoms with E-state index in [2.05, 4.69) is 12.1 Å². The van der Waals surface area contributed by atoms with Crippen LogP contribution in [0.4, 0.5) is 0 Å². The van der Waals surface area contributed by atoms with E-state index in [1.54, 1.807) is 0 Å². The van der Waals surface area contributed by atoms with Crippen LogP contribution in [0.5, 0.6) is 0 Å². The van der Waals surface area contributed by atoms with Gasteiger partial charge in [-0.2, -0.15) is 0 Å². The Bertz CT molecular complexity index is 1050. The molecule has 0 amide bonds. The molecule has 0 radical (unpaired) electrons. The van der Waals surface area contributed by atoms with E-state index in [1.807, 2.05) is 60.7 Å². The van der Waals surface area contributed by atoms with Crippen LogP contribution in [0.2, 0.25) is 5.02 Å². The van der Waals surface area contributed by atoms with E-state index in [1.165, 1.54) is 0 Å². The van der Waals surface area contributed by atoms with Gasteiger partial charge in [0, 0.05) is 10.6 Å². The Labute approximate surface area is 139 Å². The summed E-state index contributed by atoms with van der Waals surface area (Å²) in [4.78, 5) is 11.7. The summed E-state index contributed by atoms with van der Waals surface area (Å²) in [7, 11) is 0. The average molecular weight is 317 g/mol. The van der Waals surface area contributed by atoms with Crippen molar-refractivity contribution in [2.24, 2.45) is 0 Å². The Kier molecular flexibility index (Phi) is 3.36. The maximum Gasteiger partial charge on any atom is 0.151 e. The van der Waals surface area contributed by atoms with E-state index in [9.17, 15) is 4.79 Å². The number of carbonyl (C=O) groups is 1. The summed E-state index contributed by atoms with van der Waals surface area (Å²) >= 11 is 6.04. The summed E-state index contributed by atoms with van der Waals surface area (Å²) in [5.41, 5.74) is 2.72. The van der Waals surface area contributed by atoms with Gasteiger partial charge in [0.25, 0.3) is 0 Å². The van der Waals surface area contributed by atoms with Crippen LogP contribution >= 0.6 is 11.6 Å². The SMILES string of the molecule is O=Cc1c(-c2ccc3cc(Cl)ccc3c2)ccc2ccccc12. The maximum absolute atomic E-state index is 11.7. The van der Waals surface area contributed by atoms with Gasteiger partial charge in [-0.15, -0.1) is 0 Å². The van der Waals surface area contributed by atoms with Crippen molar-refractivity contribution in [3.8, 4) is 11.1 Å². The molecule has 0 saturated carbocycles. The maximum atomic E-state index is 11.7. The lowest BCUT2D eigenvalue weighted by Gasteiger charge is -2.10. The van der Waals surface area contributed by atoms with Gasteiger partial charge in [-0.3, -0.25) is 4.79 Å². The van der Waals surface area contributed by atoms with E-state index >= 15 is 0 Å². The van der Waals surface area contributed by atoms with Crippen molar-refractivity contribution in [1.82, 2.24) is 0 Å². The number of halogens is 1. The molecule has 0 aromatic heterocycles. The molecular weight excluding hydrogens is 304 g/mol. The number of aldehydes is 1. The Morgan fingerprint density at radius 2 is 1.48 bits per heavy atom. The predicted molar refractivity (Wildman–Crippen MR) is 97.3 cm³/mol. The molecule has 0 atom stereocenters. The van der Waals surface area contributed by atoms with Crippen LogP contribution in [-0.4, -0.2) is 6.29 Å². The number of benzene rings is 4. The molecule has 0 N–H and O–H groups in total. The quantitative estimate of drug-likeness (QED) is 0.407. The van der Waals surface area contributed by atoms with Crippen molar-refractivity contribution in [2.45, 2.75) is 0 Å². The number of hydrogen-bond donors (Lipinski definition) is 0.